The van der Waals surface area contributed by atoms with E-state index in [0.717, 1.165) is 5.56 Å². The number of esters is 1. The van der Waals surface area contributed by atoms with Gasteiger partial charge in [-0.1, -0.05) is 55.6 Å². The molecule has 0 spiro atoms. The molecule has 2 N–H and O–H groups in total. The van der Waals surface area contributed by atoms with Crippen LogP contribution >= 0.6 is 0 Å². The molecule has 1 fully saturated rings. The van der Waals surface area contributed by atoms with Crippen molar-refractivity contribution in [2.45, 2.75) is 12.6 Å². The topological polar surface area (TPSA) is 85.9 Å². The molecule has 1 heterocycles. The molecule has 1 aliphatic rings. The van der Waals surface area contributed by atoms with Crippen molar-refractivity contribution < 1.29 is 23.8 Å². The fraction of sp³-hybridized carbons (Fsp3) is 0.217. The van der Waals surface area contributed by atoms with Gasteiger partial charge < -0.3 is 24.8 Å². The van der Waals surface area contributed by atoms with E-state index in [0.29, 0.717) is 23.7 Å². The van der Waals surface area contributed by atoms with Crippen molar-refractivity contribution in [3.8, 4) is 11.5 Å². The first-order valence-electron chi connectivity index (χ1n) is 9.42. The molecular formula is C23H24N2O5. The van der Waals surface area contributed by atoms with Crippen molar-refractivity contribution in [3.05, 3.63) is 84.6 Å². The minimum atomic E-state index is -0.809. The number of carbonyl (C=O) groups excluding carboxylic acids is 2. The minimum absolute atomic E-state index is 0.127. The first-order valence-corrected chi connectivity index (χ1v) is 9.42. The summed E-state index contributed by atoms with van der Waals surface area (Å²) in [5, 5.41) is 5.35. The van der Waals surface area contributed by atoms with Crippen molar-refractivity contribution in [3.63, 3.8) is 0 Å². The lowest BCUT2D eigenvalue weighted by molar-refractivity contribution is -0.149. The van der Waals surface area contributed by atoms with Crippen LogP contribution in [0.25, 0.3) is 0 Å². The summed E-state index contributed by atoms with van der Waals surface area (Å²) >= 11 is 0. The van der Waals surface area contributed by atoms with Crippen LogP contribution < -0.4 is 20.1 Å². The van der Waals surface area contributed by atoms with E-state index in [1.165, 1.54) is 7.11 Å². The molecule has 2 aromatic carbocycles. The zero-order valence-corrected chi connectivity index (χ0v) is 16.7. The Labute approximate surface area is 175 Å². The highest BCUT2D eigenvalue weighted by Crippen LogP contribution is 2.36. The molecule has 2 aromatic rings. The molecule has 0 bridgehead atoms. The Kier molecular flexibility index (Phi) is 6.75. The molecule has 2 atom stereocenters. The van der Waals surface area contributed by atoms with Crippen molar-refractivity contribution in [2.24, 2.45) is 5.92 Å². The van der Waals surface area contributed by atoms with Crippen LogP contribution in [0.5, 0.6) is 11.5 Å². The number of ether oxygens (including phenoxy) is 3. The van der Waals surface area contributed by atoms with Gasteiger partial charge in [0.2, 0.25) is 0 Å². The summed E-state index contributed by atoms with van der Waals surface area (Å²) < 4.78 is 16.5. The number of urea groups is 1. The fourth-order valence-electron chi connectivity index (χ4n) is 3.20. The van der Waals surface area contributed by atoms with E-state index in [1.807, 2.05) is 30.3 Å². The van der Waals surface area contributed by atoms with Gasteiger partial charge >= 0.3 is 12.0 Å². The maximum absolute atomic E-state index is 12.9. The molecule has 7 heteroatoms. The average molecular weight is 408 g/mol. The fourth-order valence-corrected chi connectivity index (χ4v) is 3.20. The van der Waals surface area contributed by atoms with Gasteiger partial charge in [0.25, 0.3) is 0 Å². The van der Waals surface area contributed by atoms with E-state index in [-0.39, 0.29) is 12.3 Å². The molecule has 3 rings (SSSR count). The van der Waals surface area contributed by atoms with Gasteiger partial charge in [-0.25, -0.2) is 4.79 Å². The Morgan fingerprint density at radius 3 is 2.63 bits per heavy atom. The van der Waals surface area contributed by atoms with E-state index >= 15 is 0 Å². The molecule has 0 aliphatic carbocycles. The number of nitrogens with one attached hydrogen (secondary N) is 2. The normalized spacial score (nSPS) is 18.0. The quantitative estimate of drug-likeness (QED) is 0.516. The summed E-state index contributed by atoms with van der Waals surface area (Å²) in [6.45, 7) is 7.94. The maximum atomic E-state index is 12.9. The highest BCUT2D eigenvalue weighted by atomic mass is 16.5. The van der Waals surface area contributed by atoms with Crippen LogP contribution in [0, 0.1) is 5.92 Å². The van der Waals surface area contributed by atoms with Crippen LogP contribution in [-0.2, 0) is 16.1 Å². The molecule has 1 aliphatic heterocycles. The largest absolute Gasteiger partial charge is 0.493 e. The van der Waals surface area contributed by atoms with Gasteiger partial charge in [-0.15, -0.1) is 0 Å². The number of methoxy groups -OCH3 is 1. The van der Waals surface area contributed by atoms with Crippen LogP contribution in [0.4, 0.5) is 4.79 Å². The first-order chi connectivity index (χ1) is 14.5. The van der Waals surface area contributed by atoms with Gasteiger partial charge in [-0.3, -0.25) is 4.79 Å². The number of amides is 2. The lowest BCUT2D eigenvalue weighted by atomic mass is 9.89. The zero-order chi connectivity index (χ0) is 21.5. The smallest absolute Gasteiger partial charge is 0.319 e. The van der Waals surface area contributed by atoms with Crippen LogP contribution in [-0.4, -0.2) is 25.7 Å². The molecule has 0 aromatic heterocycles. The number of rotatable bonds is 8. The first kappa shape index (κ1) is 21.0. The van der Waals surface area contributed by atoms with Gasteiger partial charge in [-0.2, -0.15) is 0 Å². The summed E-state index contributed by atoms with van der Waals surface area (Å²) in [6.07, 6.45) is 1.63. The van der Waals surface area contributed by atoms with Gasteiger partial charge in [0.1, 0.15) is 19.1 Å². The van der Waals surface area contributed by atoms with E-state index in [9.17, 15) is 9.59 Å². The Bertz CT molecular complexity index is 942. The molecule has 2 amide bonds. The van der Waals surface area contributed by atoms with E-state index < -0.39 is 24.0 Å². The molecule has 7 nitrogen and oxygen atoms in total. The predicted molar refractivity (Wildman–Crippen MR) is 112 cm³/mol. The second kappa shape index (κ2) is 9.65. The second-order valence-corrected chi connectivity index (χ2v) is 6.68. The van der Waals surface area contributed by atoms with Crippen molar-refractivity contribution in [2.75, 3.05) is 13.7 Å². The monoisotopic (exact) mass is 408 g/mol. The minimum Gasteiger partial charge on any atom is -0.493 e. The SMILES string of the molecule is C=CCOc1ccc([C@@H]2NC(=O)NC(=C)[C@H]2C(=O)OCc2ccccc2)cc1OC. The second-order valence-electron chi connectivity index (χ2n) is 6.68. The van der Waals surface area contributed by atoms with Crippen molar-refractivity contribution >= 4 is 12.0 Å². The van der Waals surface area contributed by atoms with Gasteiger partial charge in [-0.05, 0) is 23.3 Å². The summed E-state index contributed by atoms with van der Waals surface area (Å²) in [6, 6.07) is 13.5. The van der Waals surface area contributed by atoms with Gasteiger partial charge in [0.05, 0.1) is 13.2 Å². The number of carbonyl (C=O) groups is 2. The molecule has 1 saturated heterocycles. The highest BCUT2D eigenvalue weighted by Gasteiger charge is 2.39. The summed E-state index contributed by atoms with van der Waals surface area (Å²) in [4.78, 5) is 25.0. The summed E-state index contributed by atoms with van der Waals surface area (Å²) in [5.74, 6) is -0.295. The van der Waals surface area contributed by atoms with Crippen molar-refractivity contribution in [1.82, 2.24) is 10.6 Å². The third-order valence-electron chi connectivity index (χ3n) is 4.65. The lowest BCUT2D eigenvalue weighted by Crippen LogP contribution is -2.51. The summed E-state index contributed by atoms with van der Waals surface area (Å²) in [5.41, 5.74) is 1.80. The number of hydrogen-bond acceptors (Lipinski definition) is 5. The molecule has 0 saturated carbocycles. The van der Waals surface area contributed by atoms with Gasteiger partial charge in [0, 0.05) is 5.70 Å². The summed E-state index contributed by atoms with van der Waals surface area (Å²) in [7, 11) is 1.52. The molecular weight excluding hydrogens is 384 g/mol. The Morgan fingerprint density at radius 2 is 1.93 bits per heavy atom. The molecule has 156 valence electrons. The van der Waals surface area contributed by atoms with Crippen LogP contribution in [0.15, 0.2) is 73.5 Å². The predicted octanol–water partition coefficient (Wildman–Crippen LogP) is 3.49. The molecule has 0 unspecified atom stereocenters. The number of benzene rings is 2. The Hall–Kier alpha value is -3.74. The van der Waals surface area contributed by atoms with Gasteiger partial charge in [0.15, 0.2) is 11.5 Å². The average Bonchev–Trinajstić information content (AvgIpc) is 2.76. The molecule has 0 radical (unpaired) electrons. The van der Waals surface area contributed by atoms with E-state index in [4.69, 9.17) is 14.2 Å². The molecule has 30 heavy (non-hydrogen) atoms. The van der Waals surface area contributed by atoms with Crippen LogP contribution in [0.1, 0.15) is 17.2 Å². The van der Waals surface area contributed by atoms with Crippen LogP contribution in [0.2, 0.25) is 0 Å². The third-order valence-corrected chi connectivity index (χ3v) is 4.65. The number of hydrogen-bond donors (Lipinski definition) is 2. The standard InChI is InChI=1S/C23H24N2O5/c1-4-12-29-18-11-10-17(13-19(18)28-3)21-20(15(2)24-23(27)25-21)22(26)30-14-16-8-6-5-7-9-16/h4-11,13,20-21H,1-2,12,14H2,3H3,(H2,24,25,27)/t20-,21+/m1/s1. The highest BCUT2D eigenvalue weighted by molar-refractivity contribution is 5.85. The zero-order valence-electron chi connectivity index (χ0n) is 16.7. The van der Waals surface area contributed by atoms with E-state index in [2.05, 4.69) is 23.8 Å². The van der Waals surface area contributed by atoms with Crippen molar-refractivity contribution in [1.29, 1.82) is 0 Å². The van der Waals surface area contributed by atoms with E-state index in [1.54, 1.807) is 24.3 Å². The Balaban J connectivity index is 1.84. The maximum Gasteiger partial charge on any atom is 0.319 e. The Morgan fingerprint density at radius 1 is 1.17 bits per heavy atom. The van der Waals surface area contributed by atoms with Crippen LogP contribution in [0.3, 0.4) is 0 Å². The third kappa shape index (κ3) is 4.81. The lowest BCUT2D eigenvalue weighted by Gasteiger charge is -2.33.